The van der Waals surface area contributed by atoms with Gasteiger partial charge in [0.2, 0.25) is 0 Å². The van der Waals surface area contributed by atoms with Crippen LogP contribution in [0.5, 0.6) is 0 Å². The molecule has 182 valence electrons. The Kier molecular flexibility index (Phi) is 18.5. The lowest BCUT2D eigenvalue weighted by molar-refractivity contribution is 0.184. The predicted octanol–water partition coefficient (Wildman–Crippen LogP) is 7.67. The molecule has 0 aromatic rings. The first-order valence-electron chi connectivity index (χ1n) is 14.1. The zero-order valence-electron chi connectivity index (χ0n) is 21.8. The van der Waals surface area contributed by atoms with Crippen molar-refractivity contribution in [2.75, 3.05) is 32.7 Å². The fourth-order valence-electron chi connectivity index (χ4n) is 4.78. The van der Waals surface area contributed by atoms with E-state index < -0.39 is 0 Å². The molecule has 1 aliphatic rings. The van der Waals surface area contributed by atoms with E-state index in [0.717, 1.165) is 18.3 Å². The summed E-state index contributed by atoms with van der Waals surface area (Å²) in [5.74, 6) is 9.55. The molecule has 0 aromatic heterocycles. The third-order valence-corrected chi connectivity index (χ3v) is 7.10. The van der Waals surface area contributed by atoms with Crippen LogP contribution in [0.3, 0.4) is 0 Å². The molecule has 1 fully saturated rings. The van der Waals surface area contributed by atoms with Crippen LogP contribution in [-0.2, 0) is 0 Å². The number of nitrogens with zero attached hydrogens (tertiary/aromatic N) is 1. The minimum atomic E-state index is 0.650. The molecular weight excluding hydrogens is 376 g/mol. The minimum absolute atomic E-state index is 0.650. The van der Waals surface area contributed by atoms with Crippen LogP contribution in [-0.4, -0.2) is 37.6 Å². The van der Waals surface area contributed by atoms with Crippen LogP contribution >= 0.6 is 0 Å². The molecule has 1 heterocycles. The number of nitrogens with one attached hydrogen (secondary N) is 1. The van der Waals surface area contributed by atoms with Crippen LogP contribution in [0, 0.1) is 29.6 Å². The van der Waals surface area contributed by atoms with Crippen molar-refractivity contribution in [3.05, 3.63) is 0 Å². The first kappa shape index (κ1) is 28.5. The highest BCUT2D eigenvalue weighted by Gasteiger charge is 2.18. The predicted molar refractivity (Wildman–Crippen MR) is 140 cm³/mol. The molecule has 1 rings (SSSR count). The molecule has 1 saturated heterocycles. The first-order chi connectivity index (χ1) is 15.2. The molecule has 0 radical (unpaired) electrons. The fraction of sp³-hybridized carbons (Fsp3) is 0.931. The Balaban J connectivity index is 2.12. The zero-order chi connectivity index (χ0) is 22.6. The Morgan fingerprint density at radius 1 is 0.839 bits per heavy atom. The van der Waals surface area contributed by atoms with E-state index in [-0.39, 0.29) is 0 Å². The minimum Gasteiger partial charge on any atom is -0.316 e. The average Bonchev–Trinajstić information content (AvgIpc) is 2.78. The molecule has 2 atom stereocenters. The second-order valence-corrected chi connectivity index (χ2v) is 10.3. The molecule has 2 nitrogen and oxygen atoms in total. The first-order valence-corrected chi connectivity index (χ1v) is 14.1. The number of hydrogen-bond donors (Lipinski definition) is 1. The number of piperidine rings is 1. The van der Waals surface area contributed by atoms with Crippen molar-refractivity contribution in [1.82, 2.24) is 10.2 Å². The highest BCUT2D eigenvalue weighted by Crippen LogP contribution is 2.18. The van der Waals surface area contributed by atoms with Crippen molar-refractivity contribution in [3.63, 3.8) is 0 Å². The van der Waals surface area contributed by atoms with Crippen molar-refractivity contribution in [1.29, 1.82) is 0 Å². The van der Waals surface area contributed by atoms with E-state index in [1.807, 2.05) is 0 Å². The quantitative estimate of drug-likeness (QED) is 0.176. The summed E-state index contributed by atoms with van der Waals surface area (Å²) in [6.07, 6.45) is 20.1. The maximum Gasteiger partial charge on any atom is 0.0217 e. The van der Waals surface area contributed by atoms with E-state index in [1.54, 1.807) is 0 Å². The molecule has 0 saturated carbocycles. The van der Waals surface area contributed by atoms with Crippen molar-refractivity contribution in [3.8, 4) is 11.8 Å². The average molecular weight is 433 g/mol. The molecule has 0 bridgehead atoms. The van der Waals surface area contributed by atoms with E-state index in [0.29, 0.717) is 5.92 Å². The van der Waals surface area contributed by atoms with Crippen LogP contribution in [0.2, 0.25) is 0 Å². The van der Waals surface area contributed by atoms with Gasteiger partial charge in [0.1, 0.15) is 0 Å². The molecule has 0 aliphatic carbocycles. The number of unbranched alkanes of at least 4 members (excludes halogenated alkanes) is 6. The van der Waals surface area contributed by atoms with Crippen molar-refractivity contribution in [2.45, 2.75) is 124 Å². The lowest BCUT2D eigenvalue weighted by atomic mass is 9.95. The van der Waals surface area contributed by atoms with Crippen LogP contribution in [0.25, 0.3) is 0 Å². The Labute approximate surface area is 196 Å². The summed E-state index contributed by atoms with van der Waals surface area (Å²) in [5.41, 5.74) is 0. The summed E-state index contributed by atoms with van der Waals surface area (Å²) in [4.78, 5) is 2.65. The van der Waals surface area contributed by atoms with Crippen LogP contribution < -0.4 is 5.32 Å². The van der Waals surface area contributed by atoms with Gasteiger partial charge in [-0.2, -0.15) is 0 Å². The topological polar surface area (TPSA) is 15.3 Å². The molecule has 2 unspecified atom stereocenters. The standard InChI is InChI=1S/C29H56N2/c1-5-8-11-13-16-27(4)25-30-26-29-20-23-31(24-21-29)22-15-14-19-28(17-10-7-3)18-12-9-6-2/h27-30H,5-13,15-18,20-26H2,1-4H3. The van der Waals surface area contributed by atoms with Gasteiger partial charge >= 0.3 is 0 Å². The highest BCUT2D eigenvalue weighted by molar-refractivity contribution is 5.04. The van der Waals surface area contributed by atoms with Gasteiger partial charge in [0.15, 0.2) is 0 Å². The van der Waals surface area contributed by atoms with Gasteiger partial charge in [-0.05, 0) is 70.1 Å². The van der Waals surface area contributed by atoms with E-state index in [4.69, 9.17) is 0 Å². The smallest absolute Gasteiger partial charge is 0.0217 e. The Hall–Kier alpha value is -0.520. The van der Waals surface area contributed by atoms with E-state index >= 15 is 0 Å². The fourth-order valence-corrected chi connectivity index (χ4v) is 4.78. The highest BCUT2D eigenvalue weighted by atomic mass is 15.1. The van der Waals surface area contributed by atoms with Gasteiger partial charge in [0.05, 0.1) is 0 Å². The summed E-state index contributed by atoms with van der Waals surface area (Å²) in [7, 11) is 0. The molecular formula is C29H56N2. The molecule has 0 spiro atoms. The van der Waals surface area contributed by atoms with Gasteiger partial charge in [-0.15, -0.1) is 5.92 Å². The van der Waals surface area contributed by atoms with E-state index in [1.165, 1.54) is 123 Å². The van der Waals surface area contributed by atoms with Gasteiger partial charge in [-0.1, -0.05) is 91.4 Å². The molecule has 1 aliphatic heterocycles. The Bertz CT molecular complexity index is 441. The molecule has 1 N–H and O–H groups in total. The van der Waals surface area contributed by atoms with Crippen molar-refractivity contribution >= 4 is 0 Å². The SMILES string of the molecule is CCCCCCC(C)CNCC1CCN(CCC#CC(CCCC)CCCCC)CC1. The normalized spacial score (nSPS) is 17.3. The molecule has 0 amide bonds. The molecule has 0 aromatic carbocycles. The molecule has 2 heteroatoms. The second-order valence-electron chi connectivity index (χ2n) is 10.3. The monoisotopic (exact) mass is 432 g/mol. The maximum atomic E-state index is 3.77. The maximum absolute atomic E-state index is 3.77. The number of rotatable bonds is 18. The summed E-state index contributed by atoms with van der Waals surface area (Å²) < 4.78 is 0. The van der Waals surface area contributed by atoms with Crippen LogP contribution in [0.1, 0.15) is 124 Å². The summed E-state index contributed by atoms with van der Waals surface area (Å²) in [6, 6.07) is 0. The third-order valence-electron chi connectivity index (χ3n) is 7.10. The van der Waals surface area contributed by atoms with Crippen molar-refractivity contribution < 1.29 is 0 Å². The zero-order valence-corrected chi connectivity index (χ0v) is 21.8. The largest absolute Gasteiger partial charge is 0.316 e. The van der Waals surface area contributed by atoms with Crippen molar-refractivity contribution in [2.24, 2.45) is 17.8 Å². The van der Waals surface area contributed by atoms with Crippen LogP contribution in [0.4, 0.5) is 0 Å². The van der Waals surface area contributed by atoms with Gasteiger partial charge in [0.25, 0.3) is 0 Å². The molecule has 31 heavy (non-hydrogen) atoms. The van der Waals surface area contributed by atoms with Gasteiger partial charge in [0, 0.05) is 18.9 Å². The lowest BCUT2D eigenvalue weighted by Crippen LogP contribution is -2.38. The second kappa shape index (κ2) is 20.1. The number of hydrogen-bond acceptors (Lipinski definition) is 2. The van der Waals surface area contributed by atoms with E-state index in [2.05, 4.69) is 49.8 Å². The third kappa shape index (κ3) is 15.8. The summed E-state index contributed by atoms with van der Waals surface area (Å²) in [5, 5.41) is 3.77. The Morgan fingerprint density at radius 2 is 1.48 bits per heavy atom. The summed E-state index contributed by atoms with van der Waals surface area (Å²) >= 11 is 0. The Morgan fingerprint density at radius 3 is 2.19 bits per heavy atom. The van der Waals surface area contributed by atoms with Crippen LogP contribution in [0.15, 0.2) is 0 Å². The van der Waals surface area contributed by atoms with Gasteiger partial charge < -0.3 is 10.2 Å². The lowest BCUT2D eigenvalue weighted by Gasteiger charge is -2.31. The van der Waals surface area contributed by atoms with E-state index in [9.17, 15) is 0 Å². The summed E-state index contributed by atoms with van der Waals surface area (Å²) in [6.45, 7) is 15.5. The number of likely N-dealkylation sites (tertiary alicyclic amines) is 1. The van der Waals surface area contributed by atoms with Gasteiger partial charge in [-0.3, -0.25) is 0 Å². The van der Waals surface area contributed by atoms with Gasteiger partial charge in [-0.25, -0.2) is 0 Å².